The topological polar surface area (TPSA) is 57.8 Å². The van der Waals surface area contributed by atoms with Crippen molar-refractivity contribution in [2.75, 3.05) is 0 Å². The number of fused-ring (bicyclic) bond motifs is 1. The van der Waals surface area contributed by atoms with Gasteiger partial charge in [0.2, 0.25) is 0 Å². The number of hydrogen-bond acceptors (Lipinski definition) is 2. The number of rotatable bonds is 1. The summed E-state index contributed by atoms with van der Waals surface area (Å²) in [5.74, 6) is -0.00505. The third-order valence-electron chi connectivity index (χ3n) is 3.27. The minimum atomic E-state index is -0.00505. The number of aromatic nitrogens is 2. The molecule has 0 fully saturated rings. The Hall–Kier alpha value is -2.10. The van der Waals surface area contributed by atoms with Crippen molar-refractivity contribution in [2.45, 2.75) is 19.4 Å². The molecular formula is C13H13N3O. The zero-order valence-electron chi connectivity index (χ0n) is 9.53. The van der Waals surface area contributed by atoms with Crippen molar-refractivity contribution in [1.82, 2.24) is 15.5 Å². The average molecular weight is 227 g/mol. The second kappa shape index (κ2) is 3.73. The van der Waals surface area contributed by atoms with Crippen molar-refractivity contribution in [3.05, 3.63) is 52.8 Å². The highest BCUT2D eigenvalue weighted by atomic mass is 16.1. The number of aryl methyl sites for hydroxylation is 1. The van der Waals surface area contributed by atoms with Gasteiger partial charge >= 0.3 is 0 Å². The average Bonchev–Trinajstić information content (AvgIpc) is 2.84. The molecule has 1 unspecified atom stereocenters. The Morgan fingerprint density at radius 3 is 3.00 bits per heavy atom. The second-order valence-electron chi connectivity index (χ2n) is 4.34. The van der Waals surface area contributed by atoms with Gasteiger partial charge in [0, 0.05) is 11.8 Å². The zero-order chi connectivity index (χ0) is 11.8. The minimum Gasteiger partial charge on any atom is -0.343 e. The van der Waals surface area contributed by atoms with E-state index in [1.165, 1.54) is 5.56 Å². The molecule has 2 aromatic rings. The van der Waals surface area contributed by atoms with Crippen LogP contribution in [0.15, 0.2) is 30.5 Å². The van der Waals surface area contributed by atoms with Gasteiger partial charge in [-0.3, -0.25) is 9.89 Å². The Balaban J connectivity index is 2.03. The summed E-state index contributed by atoms with van der Waals surface area (Å²) in [5.41, 5.74) is 4.05. The molecule has 1 aromatic carbocycles. The van der Waals surface area contributed by atoms with Gasteiger partial charge in [0.25, 0.3) is 5.91 Å². The maximum atomic E-state index is 12.0. The Morgan fingerprint density at radius 2 is 2.24 bits per heavy atom. The normalized spacial score (nSPS) is 18.6. The summed E-state index contributed by atoms with van der Waals surface area (Å²) in [6, 6.07) is 7.74. The number of carbonyl (C=O) groups is 1. The summed E-state index contributed by atoms with van der Waals surface area (Å²) in [6.07, 6.45) is 2.52. The van der Waals surface area contributed by atoms with E-state index in [0.29, 0.717) is 0 Å². The van der Waals surface area contributed by atoms with Crippen LogP contribution in [0.3, 0.4) is 0 Å². The molecule has 1 atom stereocenters. The van der Waals surface area contributed by atoms with E-state index in [1.54, 1.807) is 6.20 Å². The van der Waals surface area contributed by atoms with E-state index < -0.39 is 0 Å². The highest BCUT2D eigenvalue weighted by Crippen LogP contribution is 2.26. The number of carbonyl (C=O) groups excluding carboxylic acids is 1. The van der Waals surface area contributed by atoms with Crippen molar-refractivity contribution in [3.8, 4) is 0 Å². The maximum Gasteiger partial charge on any atom is 0.252 e. The van der Waals surface area contributed by atoms with Crippen molar-refractivity contribution >= 4 is 5.91 Å². The largest absolute Gasteiger partial charge is 0.343 e. The monoisotopic (exact) mass is 227 g/mol. The minimum absolute atomic E-state index is 0.00130. The lowest BCUT2D eigenvalue weighted by Gasteiger charge is -2.25. The van der Waals surface area contributed by atoms with Gasteiger partial charge in [-0.05, 0) is 36.6 Å². The van der Waals surface area contributed by atoms with Crippen LogP contribution in [0, 0.1) is 6.92 Å². The Morgan fingerprint density at radius 1 is 1.35 bits per heavy atom. The van der Waals surface area contributed by atoms with E-state index in [0.717, 1.165) is 23.2 Å². The first-order valence-corrected chi connectivity index (χ1v) is 5.64. The first kappa shape index (κ1) is 10.1. The van der Waals surface area contributed by atoms with Crippen LogP contribution < -0.4 is 5.32 Å². The van der Waals surface area contributed by atoms with Gasteiger partial charge in [-0.1, -0.05) is 12.1 Å². The highest BCUT2D eigenvalue weighted by Gasteiger charge is 2.26. The van der Waals surface area contributed by atoms with E-state index >= 15 is 0 Å². The molecule has 2 N–H and O–H groups in total. The molecule has 0 bridgehead atoms. The molecule has 4 nitrogen and oxygen atoms in total. The molecule has 0 spiro atoms. The van der Waals surface area contributed by atoms with Gasteiger partial charge in [-0.2, -0.15) is 5.10 Å². The number of nitrogens with zero attached hydrogens (tertiary/aromatic N) is 1. The Bertz CT molecular complexity index is 560. The summed E-state index contributed by atoms with van der Waals surface area (Å²) in [6.45, 7) is 2.04. The molecule has 86 valence electrons. The molecule has 3 rings (SSSR count). The van der Waals surface area contributed by atoms with E-state index in [4.69, 9.17) is 0 Å². The van der Waals surface area contributed by atoms with E-state index in [2.05, 4.69) is 15.5 Å². The van der Waals surface area contributed by atoms with Crippen LogP contribution in [0.4, 0.5) is 0 Å². The predicted molar refractivity (Wildman–Crippen MR) is 63.7 cm³/mol. The Labute approximate surface area is 99.1 Å². The lowest BCUT2D eigenvalue weighted by molar-refractivity contribution is 0.0923. The summed E-state index contributed by atoms with van der Waals surface area (Å²) < 4.78 is 0. The maximum absolute atomic E-state index is 12.0. The molecule has 0 saturated carbocycles. The fourth-order valence-corrected chi connectivity index (χ4v) is 2.33. The zero-order valence-corrected chi connectivity index (χ0v) is 9.53. The van der Waals surface area contributed by atoms with Gasteiger partial charge in [-0.25, -0.2) is 0 Å². The van der Waals surface area contributed by atoms with Crippen molar-refractivity contribution < 1.29 is 4.79 Å². The van der Waals surface area contributed by atoms with E-state index in [1.807, 2.05) is 31.2 Å². The third-order valence-corrected chi connectivity index (χ3v) is 3.27. The quantitative estimate of drug-likeness (QED) is 0.779. The SMILES string of the molecule is Cc1cccc2c1CC(c1ccn[nH]1)NC2=O. The van der Waals surface area contributed by atoms with Crippen LogP contribution in [-0.4, -0.2) is 16.1 Å². The molecule has 1 aromatic heterocycles. The van der Waals surface area contributed by atoms with Gasteiger partial charge in [0.15, 0.2) is 0 Å². The Kier molecular flexibility index (Phi) is 2.21. The molecule has 1 amide bonds. The van der Waals surface area contributed by atoms with Crippen LogP contribution >= 0.6 is 0 Å². The molecule has 17 heavy (non-hydrogen) atoms. The summed E-state index contributed by atoms with van der Waals surface area (Å²) in [5, 5.41) is 9.83. The number of H-pyrrole nitrogens is 1. The van der Waals surface area contributed by atoms with Crippen LogP contribution in [0.5, 0.6) is 0 Å². The van der Waals surface area contributed by atoms with Crippen molar-refractivity contribution in [1.29, 1.82) is 0 Å². The third kappa shape index (κ3) is 1.62. The molecule has 0 radical (unpaired) electrons. The molecule has 1 aliphatic rings. The van der Waals surface area contributed by atoms with Crippen LogP contribution in [-0.2, 0) is 6.42 Å². The highest BCUT2D eigenvalue weighted by molar-refractivity contribution is 5.97. The van der Waals surface area contributed by atoms with Gasteiger partial charge < -0.3 is 5.32 Å². The van der Waals surface area contributed by atoms with Crippen molar-refractivity contribution in [2.24, 2.45) is 0 Å². The number of benzene rings is 1. The lowest BCUT2D eigenvalue weighted by Crippen LogP contribution is -2.35. The number of nitrogens with one attached hydrogen (secondary N) is 2. The molecule has 2 heterocycles. The van der Waals surface area contributed by atoms with E-state index in [-0.39, 0.29) is 11.9 Å². The number of aromatic amines is 1. The van der Waals surface area contributed by atoms with Crippen LogP contribution in [0.25, 0.3) is 0 Å². The first-order chi connectivity index (χ1) is 8.25. The number of hydrogen-bond donors (Lipinski definition) is 2. The van der Waals surface area contributed by atoms with Crippen LogP contribution in [0.2, 0.25) is 0 Å². The fourth-order valence-electron chi connectivity index (χ4n) is 2.33. The van der Waals surface area contributed by atoms with Gasteiger partial charge in [0.1, 0.15) is 0 Å². The molecule has 4 heteroatoms. The number of amides is 1. The molecule has 0 saturated heterocycles. The van der Waals surface area contributed by atoms with E-state index in [9.17, 15) is 4.79 Å². The first-order valence-electron chi connectivity index (χ1n) is 5.64. The van der Waals surface area contributed by atoms with Crippen molar-refractivity contribution in [3.63, 3.8) is 0 Å². The lowest BCUT2D eigenvalue weighted by atomic mass is 9.90. The second-order valence-corrected chi connectivity index (χ2v) is 4.34. The standard InChI is InChI=1S/C13H13N3O/c1-8-3-2-4-9-10(8)7-12(15-13(9)17)11-5-6-14-16-11/h2-6,12H,7H2,1H3,(H,14,16)(H,15,17). The molecule has 0 aliphatic carbocycles. The van der Waals surface area contributed by atoms with Crippen LogP contribution in [0.1, 0.15) is 33.2 Å². The summed E-state index contributed by atoms with van der Waals surface area (Å²) in [7, 11) is 0. The molecule has 1 aliphatic heterocycles. The smallest absolute Gasteiger partial charge is 0.252 e. The fraction of sp³-hybridized carbons (Fsp3) is 0.231. The molecular weight excluding hydrogens is 214 g/mol. The predicted octanol–water partition coefficient (Wildman–Crippen LogP) is 1.75. The van der Waals surface area contributed by atoms with Gasteiger partial charge in [0.05, 0.1) is 11.7 Å². The van der Waals surface area contributed by atoms with Gasteiger partial charge in [-0.15, -0.1) is 0 Å². The summed E-state index contributed by atoms with van der Waals surface area (Å²) >= 11 is 0. The summed E-state index contributed by atoms with van der Waals surface area (Å²) in [4.78, 5) is 12.0.